The SMILES string of the molecule is O=C1CC(C(=O)NCc2nc(-c3cnccn3)n[nH]2)c2ccccc2N1. The van der Waals surface area contributed by atoms with Gasteiger partial charge in [0, 0.05) is 24.5 Å². The van der Waals surface area contributed by atoms with Gasteiger partial charge in [-0.15, -0.1) is 0 Å². The molecule has 0 fully saturated rings. The van der Waals surface area contributed by atoms with Gasteiger partial charge in [-0.1, -0.05) is 18.2 Å². The van der Waals surface area contributed by atoms with Crippen LogP contribution in [0.15, 0.2) is 42.9 Å². The van der Waals surface area contributed by atoms with Gasteiger partial charge < -0.3 is 10.6 Å². The van der Waals surface area contributed by atoms with Crippen LogP contribution >= 0.6 is 0 Å². The van der Waals surface area contributed by atoms with Gasteiger partial charge in [0.25, 0.3) is 0 Å². The van der Waals surface area contributed by atoms with Crippen LogP contribution in [0.4, 0.5) is 5.69 Å². The van der Waals surface area contributed by atoms with Crippen molar-refractivity contribution < 1.29 is 9.59 Å². The van der Waals surface area contributed by atoms with E-state index in [-0.39, 0.29) is 24.8 Å². The van der Waals surface area contributed by atoms with Crippen molar-refractivity contribution in [2.45, 2.75) is 18.9 Å². The number of carbonyl (C=O) groups excluding carboxylic acids is 2. The third kappa shape index (κ3) is 3.14. The Morgan fingerprint density at radius 2 is 2.15 bits per heavy atom. The zero-order valence-corrected chi connectivity index (χ0v) is 13.6. The summed E-state index contributed by atoms with van der Waals surface area (Å²) < 4.78 is 0. The van der Waals surface area contributed by atoms with Crippen LogP contribution in [0.3, 0.4) is 0 Å². The summed E-state index contributed by atoms with van der Waals surface area (Å²) in [6.07, 6.45) is 4.79. The van der Waals surface area contributed by atoms with Gasteiger partial charge in [-0.2, -0.15) is 5.10 Å². The van der Waals surface area contributed by atoms with Gasteiger partial charge in [-0.05, 0) is 11.6 Å². The molecule has 9 heteroatoms. The van der Waals surface area contributed by atoms with Gasteiger partial charge in [0.1, 0.15) is 11.5 Å². The lowest BCUT2D eigenvalue weighted by atomic mass is 9.90. The molecule has 0 aliphatic carbocycles. The number of aromatic nitrogens is 5. The first kappa shape index (κ1) is 15.9. The van der Waals surface area contributed by atoms with E-state index in [1.54, 1.807) is 24.7 Å². The molecule has 2 aromatic heterocycles. The summed E-state index contributed by atoms with van der Waals surface area (Å²) in [6, 6.07) is 7.30. The topological polar surface area (TPSA) is 126 Å². The first-order valence-corrected chi connectivity index (χ1v) is 8.05. The Bertz CT molecular complexity index is 955. The Kier molecular flexibility index (Phi) is 4.10. The molecule has 130 valence electrons. The standard InChI is InChI=1S/C17H15N7O2/c25-15-7-11(10-3-1-2-4-12(10)21-15)17(26)20-9-14-22-16(24-23-14)13-8-18-5-6-19-13/h1-6,8,11H,7,9H2,(H,20,26)(H,21,25)(H,22,23,24). The van der Waals surface area contributed by atoms with Gasteiger partial charge in [0.15, 0.2) is 0 Å². The van der Waals surface area contributed by atoms with E-state index in [0.717, 1.165) is 5.56 Å². The van der Waals surface area contributed by atoms with Crippen LogP contribution in [0.1, 0.15) is 23.7 Å². The molecule has 0 saturated heterocycles. The molecule has 1 atom stereocenters. The number of carbonyl (C=O) groups is 2. The number of nitrogens with zero attached hydrogens (tertiary/aromatic N) is 4. The van der Waals surface area contributed by atoms with E-state index in [1.807, 2.05) is 18.2 Å². The number of H-pyrrole nitrogens is 1. The second kappa shape index (κ2) is 6.71. The van der Waals surface area contributed by atoms with E-state index in [0.29, 0.717) is 23.0 Å². The van der Waals surface area contributed by atoms with Gasteiger partial charge in [0.2, 0.25) is 17.6 Å². The van der Waals surface area contributed by atoms with Gasteiger partial charge >= 0.3 is 0 Å². The lowest BCUT2D eigenvalue weighted by molar-refractivity contribution is -0.126. The highest BCUT2D eigenvalue weighted by Crippen LogP contribution is 2.31. The van der Waals surface area contributed by atoms with Crippen LogP contribution in [0.25, 0.3) is 11.5 Å². The van der Waals surface area contributed by atoms with Crippen molar-refractivity contribution >= 4 is 17.5 Å². The predicted octanol–water partition coefficient (Wildman–Crippen LogP) is 1.00. The Labute approximate surface area is 148 Å². The number of nitrogens with one attached hydrogen (secondary N) is 3. The van der Waals surface area contributed by atoms with E-state index in [2.05, 4.69) is 35.8 Å². The van der Waals surface area contributed by atoms with Crippen molar-refractivity contribution in [3.05, 3.63) is 54.2 Å². The number of aromatic amines is 1. The summed E-state index contributed by atoms with van der Waals surface area (Å²) in [4.78, 5) is 36.8. The molecule has 9 nitrogen and oxygen atoms in total. The molecule has 1 aromatic carbocycles. The summed E-state index contributed by atoms with van der Waals surface area (Å²) in [5.74, 6) is -0.0298. The Morgan fingerprint density at radius 3 is 3.00 bits per heavy atom. The number of amides is 2. The van der Waals surface area contributed by atoms with E-state index in [1.165, 1.54) is 0 Å². The Hall–Kier alpha value is -3.62. The average Bonchev–Trinajstić information content (AvgIpc) is 3.15. The molecule has 0 bridgehead atoms. The van der Waals surface area contributed by atoms with Gasteiger partial charge in [0.05, 0.1) is 18.7 Å². The van der Waals surface area contributed by atoms with Crippen molar-refractivity contribution in [3.63, 3.8) is 0 Å². The minimum atomic E-state index is -0.526. The number of hydrogen-bond donors (Lipinski definition) is 3. The molecule has 4 rings (SSSR count). The van der Waals surface area contributed by atoms with E-state index < -0.39 is 5.92 Å². The van der Waals surface area contributed by atoms with Crippen molar-refractivity contribution in [3.8, 4) is 11.5 Å². The fourth-order valence-corrected chi connectivity index (χ4v) is 2.84. The maximum absolute atomic E-state index is 12.6. The van der Waals surface area contributed by atoms with Gasteiger partial charge in [-0.3, -0.25) is 19.7 Å². The largest absolute Gasteiger partial charge is 0.348 e. The first-order valence-electron chi connectivity index (χ1n) is 8.05. The summed E-state index contributed by atoms with van der Waals surface area (Å²) in [6.45, 7) is 0.173. The number of anilines is 1. The fourth-order valence-electron chi connectivity index (χ4n) is 2.84. The highest BCUT2D eigenvalue weighted by atomic mass is 16.2. The number of para-hydroxylation sites is 1. The quantitative estimate of drug-likeness (QED) is 0.645. The molecule has 0 spiro atoms. The van der Waals surface area contributed by atoms with Crippen LogP contribution in [0, 0.1) is 0 Å². The highest BCUT2D eigenvalue weighted by molar-refractivity contribution is 6.01. The summed E-state index contributed by atoms with van der Waals surface area (Å²) in [7, 11) is 0. The lowest BCUT2D eigenvalue weighted by Crippen LogP contribution is -2.34. The lowest BCUT2D eigenvalue weighted by Gasteiger charge is -2.24. The molecule has 0 saturated carbocycles. The second-order valence-electron chi connectivity index (χ2n) is 5.81. The zero-order chi connectivity index (χ0) is 17.9. The van der Waals surface area contributed by atoms with Crippen LogP contribution < -0.4 is 10.6 Å². The van der Waals surface area contributed by atoms with Crippen molar-refractivity contribution in [2.75, 3.05) is 5.32 Å². The zero-order valence-electron chi connectivity index (χ0n) is 13.6. The molecule has 26 heavy (non-hydrogen) atoms. The number of rotatable bonds is 4. The van der Waals surface area contributed by atoms with Crippen LogP contribution in [-0.4, -0.2) is 37.0 Å². The predicted molar refractivity (Wildman–Crippen MR) is 91.7 cm³/mol. The Balaban J connectivity index is 1.45. The molecule has 0 radical (unpaired) electrons. The summed E-state index contributed by atoms with van der Waals surface area (Å²) in [5.41, 5.74) is 2.02. The maximum Gasteiger partial charge on any atom is 0.228 e. The summed E-state index contributed by atoms with van der Waals surface area (Å²) in [5, 5.41) is 12.4. The minimum Gasteiger partial charge on any atom is -0.348 e. The molecular formula is C17H15N7O2. The van der Waals surface area contributed by atoms with Crippen LogP contribution in [0.5, 0.6) is 0 Å². The van der Waals surface area contributed by atoms with Crippen molar-refractivity contribution in [1.82, 2.24) is 30.5 Å². The van der Waals surface area contributed by atoms with Crippen molar-refractivity contribution in [2.24, 2.45) is 0 Å². The van der Waals surface area contributed by atoms with Crippen molar-refractivity contribution in [1.29, 1.82) is 0 Å². The second-order valence-corrected chi connectivity index (χ2v) is 5.81. The molecule has 3 N–H and O–H groups in total. The normalized spacial score (nSPS) is 15.8. The van der Waals surface area contributed by atoms with Crippen LogP contribution in [0.2, 0.25) is 0 Å². The molecular weight excluding hydrogens is 334 g/mol. The number of hydrogen-bond acceptors (Lipinski definition) is 6. The third-order valence-corrected chi connectivity index (χ3v) is 4.07. The fraction of sp³-hybridized carbons (Fsp3) is 0.176. The Morgan fingerprint density at radius 1 is 1.27 bits per heavy atom. The number of fused-ring (bicyclic) bond motifs is 1. The maximum atomic E-state index is 12.6. The number of benzene rings is 1. The molecule has 2 amide bonds. The van der Waals surface area contributed by atoms with Gasteiger partial charge in [-0.25, -0.2) is 9.97 Å². The summed E-state index contributed by atoms with van der Waals surface area (Å²) >= 11 is 0. The third-order valence-electron chi connectivity index (χ3n) is 4.07. The minimum absolute atomic E-state index is 0.115. The van der Waals surface area contributed by atoms with E-state index in [4.69, 9.17) is 0 Å². The van der Waals surface area contributed by atoms with E-state index >= 15 is 0 Å². The molecule has 1 aliphatic rings. The van der Waals surface area contributed by atoms with Crippen LogP contribution in [-0.2, 0) is 16.1 Å². The monoisotopic (exact) mass is 349 g/mol. The molecule has 1 aliphatic heterocycles. The van der Waals surface area contributed by atoms with E-state index in [9.17, 15) is 9.59 Å². The smallest absolute Gasteiger partial charge is 0.228 e. The molecule has 3 aromatic rings. The average molecular weight is 349 g/mol. The molecule has 1 unspecified atom stereocenters. The first-order chi connectivity index (χ1) is 12.7. The highest BCUT2D eigenvalue weighted by Gasteiger charge is 2.30. The molecule has 3 heterocycles.